The third kappa shape index (κ3) is 6.02. The minimum absolute atomic E-state index is 0.287. The van der Waals surface area contributed by atoms with Gasteiger partial charge in [0.05, 0.1) is 0 Å². The summed E-state index contributed by atoms with van der Waals surface area (Å²) in [6, 6.07) is 22.3. The maximum Gasteiger partial charge on any atom is 0.165 e. The predicted molar refractivity (Wildman–Crippen MR) is 173 cm³/mol. The Labute approximate surface area is 273 Å². The molecule has 0 unspecified atom stereocenters. The maximum atomic E-state index is 9.36. The van der Waals surface area contributed by atoms with Crippen LogP contribution in [0.25, 0.3) is 67.5 Å². The lowest BCUT2D eigenvalue weighted by molar-refractivity contribution is 1.06. The van der Waals surface area contributed by atoms with Crippen molar-refractivity contribution in [3.63, 3.8) is 0 Å². The molecule has 0 bridgehead atoms. The molecule has 222 valence electrons. The van der Waals surface area contributed by atoms with Gasteiger partial charge in [0.15, 0.2) is 17.5 Å². The Morgan fingerprint density at radius 1 is 0.354 bits per heavy atom. The van der Waals surface area contributed by atoms with Crippen molar-refractivity contribution in [3.8, 4) is 85.8 Å². The Balaban J connectivity index is 1.38. The Bertz CT molecular complexity index is 2190. The van der Waals surface area contributed by atoms with Crippen LogP contribution < -0.4 is 0 Å². The Kier molecular flexibility index (Phi) is 7.75. The Morgan fingerprint density at radius 3 is 0.938 bits per heavy atom. The Morgan fingerprint density at radius 2 is 0.646 bits per heavy atom. The van der Waals surface area contributed by atoms with Crippen LogP contribution in [0, 0.1) is 34.0 Å². The summed E-state index contributed by atoms with van der Waals surface area (Å²) in [5.74, 6) is 1.04. The molecule has 0 N–H and O–H groups in total. The van der Waals surface area contributed by atoms with Crippen LogP contribution in [0.1, 0.15) is 17.1 Å². The number of hydrogen-bond acceptors (Lipinski definition) is 12. The summed E-state index contributed by atoms with van der Waals surface area (Å²) in [6.07, 6.45) is 14.8. The van der Waals surface area contributed by atoms with Crippen LogP contribution in [0.5, 0.6) is 0 Å². The second kappa shape index (κ2) is 12.8. The molecule has 0 saturated heterocycles. The fourth-order valence-corrected chi connectivity index (χ4v) is 4.94. The molecule has 7 aromatic rings. The molecule has 0 atom stereocenters. The molecule has 0 fully saturated rings. The fourth-order valence-electron chi connectivity index (χ4n) is 4.94. The van der Waals surface area contributed by atoms with Gasteiger partial charge in [0, 0.05) is 89.2 Å². The van der Waals surface area contributed by atoms with E-state index in [-0.39, 0.29) is 17.1 Å². The fraction of sp³-hybridized carbons (Fsp3) is 0. The van der Waals surface area contributed by atoms with Gasteiger partial charge in [-0.05, 0) is 71.3 Å². The van der Waals surface area contributed by atoms with Gasteiger partial charge in [-0.2, -0.15) is 15.8 Å². The van der Waals surface area contributed by atoms with Gasteiger partial charge in [-0.3, -0.25) is 15.0 Å². The average molecular weight is 619 g/mol. The standard InChI is InChI=1S/C36H18N12/c37-13-31-10-22(1-4-43-31)25-7-28(19-40-16-25)34-46-35(29-8-26(17-41-20-29)23-2-5-44-32(11-23)14-38)48-36(47-34)30-9-27(18-42-21-30)24-3-6-45-33(12-24)15-39/h1-12,16-21H. The second-order valence-electron chi connectivity index (χ2n) is 10.3. The summed E-state index contributed by atoms with van der Waals surface area (Å²) < 4.78 is 0. The van der Waals surface area contributed by atoms with Crippen LogP contribution in [-0.4, -0.2) is 44.9 Å². The molecule has 0 aliphatic rings. The van der Waals surface area contributed by atoms with Crippen LogP contribution in [0.2, 0.25) is 0 Å². The van der Waals surface area contributed by atoms with E-state index in [1.54, 1.807) is 92.2 Å². The molecule has 48 heavy (non-hydrogen) atoms. The highest BCUT2D eigenvalue weighted by Gasteiger charge is 2.16. The third-order valence-corrected chi connectivity index (χ3v) is 7.25. The summed E-state index contributed by atoms with van der Waals surface area (Å²) in [6.45, 7) is 0. The van der Waals surface area contributed by atoms with Gasteiger partial charge in [0.2, 0.25) is 0 Å². The van der Waals surface area contributed by atoms with Crippen molar-refractivity contribution >= 4 is 0 Å². The van der Waals surface area contributed by atoms with Crippen molar-refractivity contribution in [3.05, 3.63) is 127 Å². The van der Waals surface area contributed by atoms with Crippen LogP contribution in [-0.2, 0) is 0 Å². The first-order chi connectivity index (χ1) is 23.6. The molecule has 12 heteroatoms. The highest BCUT2D eigenvalue weighted by Crippen LogP contribution is 2.30. The lowest BCUT2D eigenvalue weighted by Crippen LogP contribution is -2.01. The normalized spacial score (nSPS) is 10.4. The number of rotatable bonds is 6. The molecule has 0 aliphatic heterocycles. The van der Waals surface area contributed by atoms with E-state index < -0.39 is 0 Å². The third-order valence-electron chi connectivity index (χ3n) is 7.25. The minimum atomic E-state index is 0.287. The van der Waals surface area contributed by atoms with Gasteiger partial charge in [0.25, 0.3) is 0 Å². The van der Waals surface area contributed by atoms with E-state index in [1.165, 1.54) is 0 Å². The summed E-state index contributed by atoms with van der Waals surface area (Å²) in [5, 5.41) is 28.1. The summed E-state index contributed by atoms with van der Waals surface area (Å²) >= 11 is 0. The van der Waals surface area contributed by atoms with Crippen molar-refractivity contribution in [2.75, 3.05) is 0 Å². The van der Waals surface area contributed by atoms with Gasteiger partial charge < -0.3 is 0 Å². The topological polar surface area (TPSA) is 187 Å². The first-order valence-electron chi connectivity index (χ1n) is 14.3. The van der Waals surface area contributed by atoms with E-state index in [4.69, 9.17) is 15.0 Å². The zero-order chi connectivity index (χ0) is 32.9. The number of hydrogen-bond donors (Lipinski definition) is 0. The molecular formula is C36H18N12. The monoisotopic (exact) mass is 618 g/mol. The van der Waals surface area contributed by atoms with E-state index in [0.717, 1.165) is 33.4 Å². The molecule has 0 aromatic carbocycles. The highest BCUT2D eigenvalue weighted by molar-refractivity contribution is 5.75. The van der Waals surface area contributed by atoms with E-state index >= 15 is 0 Å². The first kappa shape index (κ1) is 29.1. The highest BCUT2D eigenvalue weighted by atomic mass is 15.0. The average Bonchev–Trinajstić information content (AvgIpc) is 3.18. The van der Waals surface area contributed by atoms with Gasteiger partial charge >= 0.3 is 0 Å². The molecule has 0 spiro atoms. The lowest BCUT2D eigenvalue weighted by atomic mass is 10.0. The molecule has 7 heterocycles. The van der Waals surface area contributed by atoms with Crippen molar-refractivity contribution in [2.24, 2.45) is 0 Å². The van der Waals surface area contributed by atoms with E-state index in [2.05, 4.69) is 48.1 Å². The van der Waals surface area contributed by atoms with Crippen LogP contribution in [0.4, 0.5) is 0 Å². The maximum absolute atomic E-state index is 9.36. The number of pyridine rings is 6. The summed E-state index contributed by atoms with van der Waals surface area (Å²) in [4.78, 5) is 40.1. The smallest absolute Gasteiger partial charge is 0.165 e. The van der Waals surface area contributed by atoms with Crippen LogP contribution >= 0.6 is 0 Å². The molecule has 12 nitrogen and oxygen atoms in total. The van der Waals surface area contributed by atoms with E-state index in [9.17, 15) is 15.8 Å². The largest absolute Gasteiger partial charge is 0.263 e. The number of aromatic nitrogens is 9. The van der Waals surface area contributed by atoms with E-state index in [1.807, 2.05) is 18.2 Å². The number of nitrogens with zero attached hydrogens (tertiary/aromatic N) is 12. The van der Waals surface area contributed by atoms with Crippen molar-refractivity contribution in [1.29, 1.82) is 15.8 Å². The quantitative estimate of drug-likeness (QED) is 0.216. The van der Waals surface area contributed by atoms with Crippen molar-refractivity contribution in [1.82, 2.24) is 44.9 Å². The van der Waals surface area contributed by atoms with E-state index in [0.29, 0.717) is 34.2 Å². The zero-order valence-corrected chi connectivity index (χ0v) is 24.8. The number of nitriles is 3. The van der Waals surface area contributed by atoms with Crippen LogP contribution in [0.3, 0.4) is 0 Å². The van der Waals surface area contributed by atoms with Gasteiger partial charge in [-0.25, -0.2) is 29.9 Å². The SMILES string of the molecule is N#Cc1cc(-c2cncc(-c3nc(-c4cncc(-c5ccnc(C#N)c5)c4)nc(-c4cncc(-c5ccnc(C#N)c5)c4)n3)c2)ccn1. The molecule has 0 saturated carbocycles. The van der Waals surface area contributed by atoms with Gasteiger partial charge in [0.1, 0.15) is 35.3 Å². The predicted octanol–water partition coefficient (Wildman–Crippen LogP) is 5.86. The van der Waals surface area contributed by atoms with Crippen LogP contribution in [0.15, 0.2) is 110 Å². The molecule has 0 radical (unpaired) electrons. The summed E-state index contributed by atoms with van der Waals surface area (Å²) in [7, 11) is 0. The minimum Gasteiger partial charge on any atom is -0.263 e. The lowest BCUT2D eigenvalue weighted by Gasteiger charge is -2.11. The van der Waals surface area contributed by atoms with Crippen molar-refractivity contribution in [2.45, 2.75) is 0 Å². The first-order valence-corrected chi connectivity index (χ1v) is 14.3. The molecular weight excluding hydrogens is 600 g/mol. The molecule has 7 rings (SSSR count). The zero-order valence-electron chi connectivity index (χ0n) is 24.8. The van der Waals surface area contributed by atoms with Gasteiger partial charge in [-0.15, -0.1) is 0 Å². The molecule has 0 amide bonds. The Hall–Kier alpha value is -7.62. The summed E-state index contributed by atoms with van der Waals surface area (Å²) in [5.41, 5.74) is 7.24. The molecule has 7 aromatic heterocycles. The van der Waals surface area contributed by atoms with Gasteiger partial charge in [-0.1, -0.05) is 0 Å². The molecule has 0 aliphatic carbocycles. The van der Waals surface area contributed by atoms with Crippen molar-refractivity contribution < 1.29 is 0 Å². The second-order valence-corrected chi connectivity index (χ2v) is 10.3.